The van der Waals surface area contributed by atoms with Crippen molar-refractivity contribution in [1.82, 2.24) is 0 Å². The van der Waals surface area contributed by atoms with Gasteiger partial charge in [-0.1, -0.05) is 37.9 Å². The molecule has 0 radical (unpaired) electrons. The number of alkyl halides is 1. The predicted molar refractivity (Wildman–Crippen MR) is 56.2 cm³/mol. The molecule has 0 N–H and O–H groups in total. The molecule has 0 aliphatic carbocycles. The standard InChI is InChI=1S/C9H10Br2/c1-6-7(2)9(11)4-3-8(6)5-10/h3-4H,5H2,1-2H3. The van der Waals surface area contributed by atoms with E-state index in [9.17, 15) is 0 Å². The van der Waals surface area contributed by atoms with Gasteiger partial charge in [0, 0.05) is 9.80 Å². The fourth-order valence-corrected chi connectivity index (χ4v) is 2.03. The molecule has 0 spiro atoms. The minimum Gasteiger partial charge on any atom is -0.0876 e. The molecule has 0 aliphatic rings. The van der Waals surface area contributed by atoms with Gasteiger partial charge in [-0.05, 0) is 36.6 Å². The van der Waals surface area contributed by atoms with Crippen molar-refractivity contribution in [2.45, 2.75) is 19.2 Å². The largest absolute Gasteiger partial charge is 0.0876 e. The summed E-state index contributed by atoms with van der Waals surface area (Å²) in [6.45, 7) is 4.28. The van der Waals surface area contributed by atoms with Gasteiger partial charge in [0.15, 0.2) is 0 Å². The fourth-order valence-electron chi connectivity index (χ4n) is 0.988. The summed E-state index contributed by atoms with van der Waals surface area (Å²) >= 11 is 6.95. The third-order valence-corrected chi connectivity index (χ3v) is 3.44. The van der Waals surface area contributed by atoms with Crippen LogP contribution in [0.2, 0.25) is 0 Å². The first-order chi connectivity index (χ1) is 5.16. The Morgan fingerprint density at radius 2 is 1.82 bits per heavy atom. The third kappa shape index (κ3) is 1.85. The summed E-state index contributed by atoms with van der Waals surface area (Å²) in [5, 5.41) is 0.937. The average Bonchev–Trinajstić information content (AvgIpc) is 2.01. The lowest BCUT2D eigenvalue weighted by Crippen LogP contribution is -1.89. The molecule has 0 nitrogen and oxygen atoms in total. The van der Waals surface area contributed by atoms with Crippen LogP contribution >= 0.6 is 31.9 Å². The average molecular weight is 278 g/mol. The summed E-state index contributed by atoms with van der Waals surface area (Å²) in [6, 6.07) is 4.24. The molecule has 1 aromatic rings. The molecule has 11 heavy (non-hydrogen) atoms. The van der Waals surface area contributed by atoms with Crippen LogP contribution in [0.1, 0.15) is 16.7 Å². The Morgan fingerprint density at radius 3 is 2.36 bits per heavy atom. The van der Waals surface area contributed by atoms with Gasteiger partial charge in [0.2, 0.25) is 0 Å². The van der Waals surface area contributed by atoms with Crippen molar-refractivity contribution in [1.29, 1.82) is 0 Å². The molecule has 2 heteroatoms. The van der Waals surface area contributed by atoms with Crippen molar-refractivity contribution in [3.63, 3.8) is 0 Å². The molecule has 0 amide bonds. The van der Waals surface area contributed by atoms with Crippen LogP contribution in [0.4, 0.5) is 0 Å². The van der Waals surface area contributed by atoms with Crippen LogP contribution in [0.15, 0.2) is 16.6 Å². The van der Waals surface area contributed by atoms with Gasteiger partial charge in [-0.2, -0.15) is 0 Å². The highest BCUT2D eigenvalue weighted by Gasteiger charge is 2.01. The zero-order chi connectivity index (χ0) is 8.43. The van der Waals surface area contributed by atoms with Gasteiger partial charge in [-0.3, -0.25) is 0 Å². The molecule has 0 saturated heterocycles. The Kier molecular flexibility index (Phi) is 3.14. The first-order valence-corrected chi connectivity index (χ1v) is 5.38. The minimum absolute atomic E-state index is 0.937. The first kappa shape index (κ1) is 9.27. The van der Waals surface area contributed by atoms with E-state index < -0.39 is 0 Å². The summed E-state index contributed by atoms with van der Waals surface area (Å²) in [5.74, 6) is 0. The van der Waals surface area contributed by atoms with Crippen molar-refractivity contribution in [3.05, 3.63) is 33.3 Å². The van der Waals surface area contributed by atoms with E-state index >= 15 is 0 Å². The molecular formula is C9H10Br2. The first-order valence-electron chi connectivity index (χ1n) is 3.47. The highest BCUT2D eigenvalue weighted by Crippen LogP contribution is 2.23. The van der Waals surface area contributed by atoms with E-state index in [0.29, 0.717) is 0 Å². The lowest BCUT2D eigenvalue weighted by molar-refractivity contribution is 1.24. The van der Waals surface area contributed by atoms with Crippen LogP contribution in [0.5, 0.6) is 0 Å². The summed E-state index contributed by atoms with van der Waals surface area (Å²) in [4.78, 5) is 0. The Balaban J connectivity index is 3.25. The Bertz CT molecular complexity index is 267. The van der Waals surface area contributed by atoms with Gasteiger partial charge >= 0.3 is 0 Å². The molecule has 0 aromatic heterocycles. The van der Waals surface area contributed by atoms with Crippen LogP contribution in [0.25, 0.3) is 0 Å². The number of benzene rings is 1. The van der Waals surface area contributed by atoms with Crippen molar-refractivity contribution in [2.24, 2.45) is 0 Å². The lowest BCUT2D eigenvalue weighted by atomic mass is 10.1. The van der Waals surface area contributed by atoms with Gasteiger partial charge in [-0.15, -0.1) is 0 Å². The van der Waals surface area contributed by atoms with Gasteiger partial charge < -0.3 is 0 Å². The van der Waals surface area contributed by atoms with Crippen LogP contribution in [0, 0.1) is 13.8 Å². The highest BCUT2D eigenvalue weighted by molar-refractivity contribution is 9.10. The van der Waals surface area contributed by atoms with Gasteiger partial charge in [0.1, 0.15) is 0 Å². The smallest absolute Gasteiger partial charge is 0.0285 e. The summed E-state index contributed by atoms with van der Waals surface area (Å²) in [6.07, 6.45) is 0. The Hall–Kier alpha value is 0.180. The van der Waals surface area contributed by atoms with Crippen molar-refractivity contribution in [2.75, 3.05) is 0 Å². The minimum atomic E-state index is 0.937. The molecule has 1 aromatic carbocycles. The molecule has 1 rings (SSSR count). The monoisotopic (exact) mass is 276 g/mol. The van der Waals surface area contributed by atoms with E-state index in [2.05, 4.69) is 57.8 Å². The van der Waals surface area contributed by atoms with Crippen LogP contribution in [0.3, 0.4) is 0 Å². The van der Waals surface area contributed by atoms with E-state index in [-0.39, 0.29) is 0 Å². The number of hydrogen-bond donors (Lipinski definition) is 0. The van der Waals surface area contributed by atoms with Crippen LogP contribution < -0.4 is 0 Å². The second kappa shape index (κ2) is 3.72. The maximum Gasteiger partial charge on any atom is 0.0285 e. The van der Waals surface area contributed by atoms with Crippen LogP contribution in [-0.2, 0) is 5.33 Å². The van der Waals surface area contributed by atoms with E-state index in [1.54, 1.807) is 0 Å². The van der Waals surface area contributed by atoms with Crippen molar-refractivity contribution in [3.8, 4) is 0 Å². The zero-order valence-corrected chi connectivity index (χ0v) is 9.79. The second-order valence-electron chi connectivity index (χ2n) is 2.59. The second-order valence-corrected chi connectivity index (χ2v) is 4.01. The normalized spacial score (nSPS) is 10.2. The topological polar surface area (TPSA) is 0 Å². The van der Waals surface area contributed by atoms with Gasteiger partial charge in [0.05, 0.1) is 0 Å². The number of rotatable bonds is 1. The number of halogens is 2. The van der Waals surface area contributed by atoms with E-state index in [0.717, 1.165) is 5.33 Å². The van der Waals surface area contributed by atoms with Gasteiger partial charge in [-0.25, -0.2) is 0 Å². The summed E-state index contributed by atoms with van der Waals surface area (Å²) in [5.41, 5.74) is 4.07. The number of hydrogen-bond acceptors (Lipinski definition) is 0. The molecule has 0 fully saturated rings. The Morgan fingerprint density at radius 1 is 1.18 bits per heavy atom. The molecule has 0 atom stereocenters. The van der Waals surface area contributed by atoms with Crippen molar-refractivity contribution < 1.29 is 0 Å². The highest BCUT2D eigenvalue weighted by atomic mass is 79.9. The van der Waals surface area contributed by atoms with Gasteiger partial charge in [0.25, 0.3) is 0 Å². The molecule has 60 valence electrons. The van der Waals surface area contributed by atoms with E-state index in [1.165, 1.54) is 21.2 Å². The van der Waals surface area contributed by atoms with E-state index in [4.69, 9.17) is 0 Å². The quantitative estimate of drug-likeness (QED) is 0.682. The molecule has 0 unspecified atom stereocenters. The lowest BCUT2D eigenvalue weighted by Gasteiger charge is -2.06. The van der Waals surface area contributed by atoms with Crippen LogP contribution in [-0.4, -0.2) is 0 Å². The molecule has 0 heterocycles. The molecule has 0 saturated carbocycles. The predicted octanol–water partition coefficient (Wildman–Crippen LogP) is 3.96. The summed E-state index contributed by atoms with van der Waals surface area (Å²) < 4.78 is 1.19. The van der Waals surface area contributed by atoms with E-state index in [1.807, 2.05) is 0 Å². The summed E-state index contributed by atoms with van der Waals surface area (Å²) in [7, 11) is 0. The maximum atomic E-state index is 3.49. The molecule has 0 aliphatic heterocycles. The Labute approximate surface area is 84.3 Å². The zero-order valence-electron chi connectivity index (χ0n) is 6.62. The fraction of sp³-hybridized carbons (Fsp3) is 0.333. The van der Waals surface area contributed by atoms with Crippen molar-refractivity contribution >= 4 is 31.9 Å². The third-order valence-electron chi connectivity index (χ3n) is 1.98. The maximum absolute atomic E-state index is 3.49. The molecule has 0 bridgehead atoms. The molecular weight excluding hydrogens is 268 g/mol. The SMILES string of the molecule is Cc1c(Br)ccc(CBr)c1C.